The Balaban J connectivity index is 1.52. The van der Waals surface area contributed by atoms with E-state index in [0.717, 1.165) is 56.1 Å². The van der Waals surface area contributed by atoms with Crippen LogP contribution in [-0.2, 0) is 11.2 Å². The van der Waals surface area contributed by atoms with Gasteiger partial charge in [-0.3, -0.25) is 9.69 Å². The summed E-state index contributed by atoms with van der Waals surface area (Å²) in [7, 11) is 3.40. The zero-order valence-corrected chi connectivity index (χ0v) is 19.3. The Hall–Kier alpha value is -2.73. The number of ether oxygens (including phenoxy) is 2. The zero-order valence-electron chi connectivity index (χ0n) is 19.3. The summed E-state index contributed by atoms with van der Waals surface area (Å²) in [5.74, 6) is 1.69. The molecular weight excluding hydrogens is 402 g/mol. The van der Waals surface area contributed by atoms with Crippen LogP contribution < -0.4 is 19.7 Å². The van der Waals surface area contributed by atoms with Gasteiger partial charge in [0.25, 0.3) is 0 Å². The molecule has 1 N–H and O–H groups in total. The first-order valence-electron chi connectivity index (χ1n) is 11.7. The van der Waals surface area contributed by atoms with Crippen molar-refractivity contribution in [3.8, 4) is 11.5 Å². The van der Waals surface area contributed by atoms with Crippen molar-refractivity contribution in [1.29, 1.82) is 0 Å². The fourth-order valence-corrected chi connectivity index (χ4v) is 4.82. The molecule has 1 aliphatic heterocycles. The fourth-order valence-electron chi connectivity index (χ4n) is 4.82. The van der Waals surface area contributed by atoms with Crippen molar-refractivity contribution in [1.82, 2.24) is 10.2 Å². The van der Waals surface area contributed by atoms with Gasteiger partial charge in [-0.05, 0) is 49.8 Å². The predicted octanol–water partition coefficient (Wildman–Crippen LogP) is 3.50. The Morgan fingerprint density at radius 3 is 2.56 bits per heavy atom. The second-order valence-electron chi connectivity index (χ2n) is 8.79. The lowest BCUT2D eigenvalue weighted by Crippen LogP contribution is -2.56. The van der Waals surface area contributed by atoms with Crippen LogP contribution in [0.4, 0.5) is 5.69 Å². The number of benzene rings is 2. The summed E-state index contributed by atoms with van der Waals surface area (Å²) >= 11 is 0. The summed E-state index contributed by atoms with van der Waals surface area (Å²) < 4.78 is 11.9. The summed E-state index contributed by atoms with van der Waals surface area (Å²) in [5, 5.41) is 2.77. The van der Waals surface area contributed by atoms with Gasteiger partial charge in [-0.2, -0.15) is 0 Å². The van der Waals surface area contributed by atoms with Crippen LogP contribution in [0.1, 0.15) is 31.2 Å². The second-order valence-corrected chi connectivity index (χ2v) is 8.79. The molecule has 1 aliphatic carbocycles. The average molecular weight is 438 g/mol. The second kappa shape index (κ2) is 10.7. The number of amides is 1. The highest BCUT2D eigenvalue weighted by Gasteiger charge is 2.29. The van der Waals surface area contributed by atoms with Gasteiger partial charge >= 0.3 is 0 Å². The Kier molecular flexibility index (Phi) is 7.53. The van der Waals surface area contributed by atoms with Crippen LogP contribution in [-0.4, -0.2) is 63.3 Å². The summed E-state index contributed by atoms with van der Waals surface area (Å²) in [5.41, 5.74) is 2.44. The van der Waals surface area contributed by atoms with Gasteiger partial charge in [0.05, 0.1) is 19.8 Å². The minimum atomic E-state index is 0.0632. The van der Waals surface area contributed by atoms with Crippen LogP contribution in [0.3, 0.4) is 0 Å². The maximum atomic E-state index is 12.1. The van der Waals surface area contributed by atoms with Crippen molar-refractivity contribution in [2.45, 2.75) is 44.2 Å². The predicted molar refractivity (Wildman–Crippen MR) is 128 cm³/mol. The molecule has 1 saturated carbocycles. The van der Waals surface area contributed by atoms with E-state index >= 15 is 0 Å². The normalized spacial score (nSPS) is 19.7. The third kappa shape index (κ3) is 5.54. The van der Waals surface area contributed by atoms with E-state index in [1.54, 1.807) is 14.2 Å². The smallest absolute Gasteiger partial charge is 0.233 e. The third-order valence-corrected chi connectivity index (χ3v) is 6.65. The van der Waals surface area contributed by atoms with E-state index in [-0.39, 0.29) is 18.1 Å². The number of methoxy groups -OCH3 is 1. The van der Waals surface area contributed by atoms with E-state index in [1.807, 2.05) is 12.1 Å². The van der Waals surface area contributed by atoms with E-state index in [2.05, 4.69) is 51.5 Å². The first-order valence-corrected chi connectivity index (χ1v) is 11.7. The van der Waals surface area contributed by atoms with Crippen molar-refractivity contribution in [3.05, 3.63) is 54.1 Å². The number of piperazine rings is 1. The summed E-state index contributed by atoms with van der Waals surface area (Å²) in [4.78, 5) is 16.8. The van der Waals surface area contributed by atoms with Gasteiger partial charge in [0.15, 0.2) is 11.5 Å². The molecule has 2 aromatic carbocycles. The number of hydrogen-bond donors (Lipinski definition) is 1. The maximum absolute atomic E-state index is 12.1. The number of hydrogen-bond acceptors (Lipinski definition) is 5. The quantitative estimate of drug-likeness (QED) is 0.685. The van der Waals surface area contributed by atoms with Crippen molar-refractivity contribution >= 4 is 11.6 Å². The molecule has 32 heavy (non-hydrogen) atoms. The van der Waals surface area contributed by atoms with Gasteiger partial charge in [-0.25, -0.2) is 0 Å². The molecule has 1 saturated heterocycles. The van der Waals surface area contributed by atoms with Crippen molar-refractivity contribution < 1.29 is 14.3 Å². The summed E-state index contributed by atoms with van der Waals surface area (Å²) in [6, 6.07) is 17.1. The highest BCUT2D eigenvalue weighted by Crippen LogP contribution is 2.35. The van der Waals surface area contributed by atoms with E-state index in [4.69, 9.17) is 9.47 Å². The molecule has 0 aromatic heterocycles. The standard InChI is InChI=1S/C26H35N3O3/c1-27-26(30)19-29-15-14-28(18-22(29)16-20-8-4-3-5-9-20)21-12-13-24(31-2)25(17-21)32-23-10-6-7-11-23/h3-5,8-9,12-13,17,22-23H,6-7,10-11,14-16,18-19H2,1-2H3,(H,27,30)/t22-/m0/s1. The number of likely N-dealkylation sites (N-methyl/N-ethyl adjacent to an activating group) is 1. The van der Waals surface area contributed by atoms with Crippen LogP contribution in [0.5, 0.6) is 11.5 Å². The van der Waals surface area contributed by atoms with Crippen LogP contribution >= 0.6 is 0 Å². The van der Waals surface area contributed by atoms with Crippen molar-refractivity contribution in [2.75, 3.05) is 45.2 Å². The van der Waals surface area contributed by atoms with Gasteiger partial charge in [0.1, 0.15) is 0 Å². The number of nitrogens with zero attached hydrogens (tertiary/aromatic N) is 2. The SMILES string of the molecule is CNC(=O)CN1CCN(c2ccc(OC)c(OC3CCCC3)c2)C[C@@H]1Cc1ccccc1. The molecule has 0 unspecified atom stereocenters. The first-order chi connectivity index (χ1) is 15.7. The lowest BCUT2D eigenvalue weighted by atomic mass is 10.0. The van der Waals surface area contributed by atoms with Gasteiger partial charge in [-0.15, -0.1) is 0 Å². The number of carbonyl (C=O) groups is 1. The highest BCUT2D eigenvalue weighted by molar-refractivity contribution is 5.77. The monoisotopic (exact) mass is 437 g/mol. The molecule has 6 nitrogen and oxygen atoms in total. The van der Waals surface area contributed by atoms with Crippen molar-refractivity contribution in [2.24, 2.45) is 0 Å². The molecule has 1 atom stereocenters. The minimum Gasteiger partial charge on any atom is -0.493 e. The molecule has 0 spiro atoms. The minimum absolute atomic E-state index is 0.0632. The third-order valence-electron chi connectivity index (χ3n) is 6.65. The highest BCUT2D eigenvalue weighted by atomic mass is 16.5. The number of nitrogens with one attached hydrogen (secondary N) is 1. The Morgan fingerprint density at radius 2 is 1.84 bits per heavy atom. The molecule has 0 bridgehead atoms. The number of rotatable bonds is 8. The maximum Gasteiger partial charge on any atom is 0.233 e. The van der Waals surface area contributed by atoms with E-state index in [9.17, 15) is 4.79 Å². The molecule has 1 heterocycles. The lowest BCUT2D eigenvalue weighted by molar-refractivity contribution is -0.122. The van der Waals surface area contributed by atoms with Crippen LogP contribution in [0, 0.1) is 0 Å². The molecule has 4 rings (SSSR count). The lowest BCUT2D eigenvalue weighted by Gasteiger charge is -2.42. The fraction of sp³-hybridized carbons (Fsp3) is 0.500. The van der Waals surface area contributed by atoms with Gasteiger partial charge < -0.3 is 19.7 Å². The average Bonchev–Trinajstić information content (AvgIpc) is 3.34. The number of carbonyl (C=O) groups excluding carboxylic acids is 1. The van der Waals surface area contributed by atoms with E-state index < -0.39 is 0 Å². The zero-order chi connectivity index (χ0) is 22.3. The summed E-state index contributed by atoms with van der Waals surface area (Å²) in [6.07, 6.45) is 5.91. The van der Waals surface area contributed by atoms with Crippen LogP contribution in [0.15, 0.2) is 48.5 Å². The topological polar surface area (TPSA) is 54.0 Å². The van der Waals surface area contributed by atoms with E-state index in [0.29, 0.717) is 6.54 Å². The van der Waals surface area contributed by atoms with Crippen LogP contribution in [0.25, 0.3) is 0 Å². The number of anilines is 1. The largest absolute Gasteiger partial charge is 0.493 e. The molecular formula is C26H35N3O3. The molecule has 2 fully saturated rings. The Bertz CT molecular complexity index is 883. The molecule has 0 radical (unpaired) electrons. The first kappa shape index (κ1) is 22.5. The molecule has 2 aromatic rings. The Labute approximate surface area is 191 Å². The van der Waals surface area contributed by atoms with Crippen LogP contribution in [0.2, 0.25) is 0 Å². The molecule has 6 heteroatoms. The van der Waals surface area contributed by atoms with Gasteiger partial charge in [-0.1, -0.05) is 30.3 Å². The summed E-state index contributed by atoms with van der Waals surface area (Å²) in [6.45, 7) is 3.01. The van der Waals surface area contributed by atoms with Gasteiger partial charge in [0, 0.05) is 44.5 Å². The molecule has 1 amide bonds. The van der Waals surface area contributed by atoms with Crippen molar-refractivity contribution in [3.63, 3.8) is 0 Å². The molecule has 2 aliphatic rings. The van der Waals surface area contributed by atoms with Gasteiger partial charge in [0.2, 0.25) is 5.91 Å². The molecule has 172 valence electrons. The Morgan fingerprint density at radius 1 is 1.06 bits per heavy atom. The van der Waals surface area contributed by atoms with E-state index in [1.165, 1.54) is 18.4 Å².